The van der Waals surface area contributed by atoms with Gasteiger partial charge >= 0.3 is 5.97 Å². The highest BCUT2D eigenvalue weighted by Gasteiger charge is 2.30. The Bertz CT molecular complexity index is 515. The van der Waals surface area contributed by atoms with Gasteiger partial charge in [-0.3, -0.25) is 14.4 Å². The maximum absolute atomic E-state index is 11.7. The molecule has 1 aromatic heterocycles. The zero-order chi connectivity index (χ0) is 15.2. The molecule has 0 aromatic carbocycles. The van der Waals surface area contributed by atoms with Crippen LogP contribution in [0, 0.1) is 5.92 Å². The number of carboxylic acid groups (broad SMARTS) is 1. The molecule has 3 N–H and O–H groups in total. The van der Waals surface area contributed by atoms with E-state index in [-0.39, 0.29) is 36.7 Å². The fraction of sp³-hybridized carbons (Fsp3) is 0.500. The molecule has 0 radical (unpaired) electrons. The third kappa shape index (κ3) is 4.56. The average molecular weight is 310 g/mol. The highest BCUT2D eigenvalue weighted by Crippen LogP contribution is 2.25. The Balaban J connectivity index is 1.64. The molecule has 0 saturated heterocycles. The minimum absolute atomic E-state index is 0.0637. The van der Waals surface area contributed by atoms with E-state index in [1.165, 1.54) is 11.3 Å². The molecule has 0 aliphatic heterocycles. The Kier molecular flexibility index (Phi) is 5.32. The molecular formula is C14H18N2O4S. The van der Waals surface area contributed by atoms with Crippen molar-refractivity contribution in [2.45, 2.75) is 31.7 Å². The first-order valence-corrected chi connectivity index (χ1v) is 7.83. The van der Waals surface area contributed by atoms with E-state index in [4.69, 9.17) is 5.11 Å². The molecule has 2 unspecified atom stereocenters. The summed E-state index contributed by atoms with van der Waals surface area (Å²) in [4.78, 5) is 34.2. The van der Waals surface area contributed by atoms with E-state index in [9.17, 15) is 14.4 Å². The molecule has 0 bridgehead atoms. The first-order chi connectivity index (χ1) is 10.1. The number of carbonyl (C=O) groups is 3. The molecule has 7 heteroatoms. The third-order valence-electron chi connectivity index (χ3n) is 3.57. The van der Waals surface area contributed by atoms with Gasteiger partial charge in [0.2, 0.25) is 5.91 Å². The van der Waals surface area contributed by atoms with Crippen molar-refractivity contribution < 1.29 is 19.5 Å². The summed E-state index contributed by atoms with van der Waals surface area (Å²) in [5.41, 5.74) is 0.598. The van der Waals surface area contributed by atoms with Crippen LogP contribution in [0.2, 0.25) is 0 Å². The van der Waals surface area contributed by atoms with Crippen molar-refractivity contribution in [3.8, 4) is 0 Å². The van der Waals surface area contributed by atoms with Crippen molar-refractivity contribution in [1.29, 1.82) is 0 Å². The smallest absolute Gasteiger partial charge is 0.306 e. The lowest BCUT2D eigenvalue weighted by Crippen LogP contribution is -2.36. The Morgan fingerprint density at radius 1 is 1.33 bits per heavy atom. The number of rotatable bonds is 6. The minimum atomic E-state index is -0.797. The van der Waals surface area contributed by atoms with Crippen LogP contribution in [0.25, 0.3) is 0 Å². The highest BCUT2D eigenvalue weighted by atomic mass is 32.1. The van der Waals surface area contributed by atoms with Gasteiger partial charge < -0.3 is 15.7 Å². The average Bonchev–Trinajstić information content (AvgIpc) is 3.09. The Hall–Kier alpha value is -1.89. The van der Waals surface area contributed by atoms with Gasteiger partial charge in [0.1, 0.15) is 0 Å². The lowest BCUT2D eigenvalue weighted by Gasteiger charge is -2.12. The molecule has 1 aliphatic rings. The van der Waals surface area contributed by atoms with Gasteiger partial charge in [-0.05, 0) is 30.7 Å². The first kappa shape index (κ1) is 15.5. The summed E-state index contributed by atoms with van der Waals surface area (Å²) < 4.78 is 0. The van der Waals surface area contributed by atoms with Crippen LogP contribution in [0.3, 0.4) is 0 Å². The topological polar surface area (TPSA) is 95.5 Å². The molecule has 21 heavy (non-hydrogen) atoms. The number of carboxylic acids is 1. The summed E-state index contributed by atoms with van der Waals surface area (Å²) in [6.07, 6.45) is 1.99. The zero-order valence-corrected chi connectivity index (χ0v) is 12.3. The standard InChI is InChI=1S/C14H18N2O4S/c17-12(16-11-2-1-9(7-11)14(19)20)3-5-15-13(18)10-4-6-21-8-10/h4,6,8-9,11H,1-3,5,7H2,(H,15,18)(H,16,17)(H,19,20). The van der Waals surface area contributed by atoms with Gasteiger partial charge in [0.15, 0.2) is 0 Å². The number of nitrogens with one attached hydrogen (secondary N) is 2. The molecule has 1 fully saturated rings. The molecule has 1 heterocycles. The van der Waals surface area contributed by atoms with Gasteiger partial charge in [-0.15, -0.1) is 0 Å². The molecule has 1 aromatic rings. The van der Waals surface area contributed by atoms with Crippen molar-refractivity contribution in [3.05, 3.63) is 22.4 Å². The second-order valence-corrected chi connectivity index (χ2v) is 5.91. The van der Waals surface area contributed by atoms with E-state index < -0.39 is 5.97 Å². The van der Waals surface area contributed by atoms with Crippen LogP contribution in [-0.4, -0.2) is 35.5 Å². The number of amides is 2. The van der Waals surface area contributed by atoms with Gasteiger partial charge in [0.25, 0.3) is 5.91 Å². The normalized spacial score (nSPS) is 21.0. The van der Waals surface area contributed by atoms with Gasteiger partial charge in [-0.1, -0.05) is 0 Å². The fourth-order valence-corrected chi connectivity index (χ4v) is 3.06. The van der Waals surface area contributed by atoms with E-state index in [1.54, 1.807) is 11.4 Å². The second kappa shape index (κ2) is 7.21. The van der Waals surface area contributed by atoms with Crippen molar-refractivity contribution in [3.63, 3.8) is 0 Å². The molecule has 114 valence electrons. The zero-order valence-electron chi connectivity index (χ0n) is 11.5. The quantitative estimate of drug-likeness (QED) is 0.736. The molecule has 6 nitrogen and oxygen atoms in total. The summed E-state index contributed by atoms with van der Waals surface area (Å²) in [7, 11) is 0. The summed E-state index contributed by atoms with van der Waals surface area (Å²) in [5, 5.41) is 18.0. The monoisotopic (exact) mass is 310 g/mol. The van der Waals surface area contributed by atoms with Crippen molar-refractivity contribution in [2.24, 2.45) is 5.92 Å². The van der Waals surface area contributed by atoms with E-state index in [0.717, 1.165) is 0 Å². The Labute approximate surface area is 126 Å². The predicted molar refractivity (Wildman–Crippen MR) is 78.2 cm³/mol. The van der Waals surface area contributed by atoms with Gasteiger partial charge in [0.05, 0.1) is 5.92 Å². The molecular weight excluding hydrogens is 292 g/mol. The third-order valence-corrected chi connectivity index (χ3v) is 4.25. The minimum Gasteiger partial charge on any atom is -0.481 e. The van der Waals surface area contributed by atoms with Gasteiger partial charge in [0, 0.05) is 30.0 Å². The number of hydrogen-bond donors (Lipinski definition) is 3. The van der Waals surface area contributed by atoms with Crippen molar-refractivity contribution >= 4 is 29.1 Å². The van der Waals surface area contributed by atoms with Gasteiger partial charge in [-0.2, -0.15) is 11.3 Å². The first-order valence-electron chi connectivity index (χ1n) is 6.89. The van der Waals surface area contributed by atoms with Crippen LogP contribution >= 0.6 is 11.3 Å². The maximum Gasteiger partial charge on any atom is 0.306 e. The van der Waals surface area contributed by atoms with E-state index in [2.05, 4.69) is 10.6 Å². The predicted octanol–water partition coefficient (Wildman–Crippen LogP) is 1.24. The lowest BCUT2D eigenvalue weighted by atomic mass is 10.1. The SMILES string of the molecule is O=C(CCNC(=O)c1ccsc1)NC1CCC(C(=O)O)C1. The van der Waals surface area contributed by atoms with Crippen LogP contribution in [0.4, 0.5) is 0 Å². The van der Waals surface area contributed by atoms with E-state index >= 15 is 0 Å². The summed E-state index contributed by atoms with van der Waals surface area (Å²) in [5.74, 6) is -1.49. The highest BCUT2D eigenvalue weighted by molar-refractivity contribution is 7.08. The van der Waals surface area contributed by atoms with Crippen LogP contribution < -0.4 is 10.6 Å². The largest absolute Gasteiger partial charge is 0.481 e. The number of carbonyl (C=O) groups excluding carboxylic acids is 2. The fourth-order valence-electron chi connectivity index (χ4n) is 2.42. The second-order valence-electron chi connectivity index (χ2n) is 5.13. The number of hydrogen-bond acceptors (Lipinski definition) is 4. The summed E-state index contributed by atoms with van der Waals surface area (Å²) >= 11 is 1.44. The van der Waals surface area contributed by atoms with Crippen molar-refractivity contribution in [1.82, 2.24) is 10.6 Å². The molecule has 2 atom stereocenters. The number of thiophene rings is 1. The van der Waals surface area contributed by atoms with Crippen LogP contribution in [-0.2, 0) is 9.59 Å². The lowest BCUT2D eigenvalue weighted by molar-refractivity contribution is -0.141. The summed E-state index contributed by atoms with van der Waals surface area (Å²) in [6, 6.07) is 1.66. The van der Waals surface area contributed by atoms with Crippen molar-refractivity contribution in [2.75, 3.05) is 6.54 Å². The molecule has 1 aliphatic carbocycles. The summed E-state index contributed by atoms with van der Waals surface area (Å²) in [6.45, 7) is 0.273. The van der Waals surface area contributed by atoms with Crippen LogP contribution in [0.1, 0.15) is 36.0 Å². The van der Waals surface area contributed by atoms with Gasteiger partial charge in [-0.25, -0.2) is 0 Å². The van der Waals surface area contributed by atoms with Crippen LogP contribution in [0.5, 0.6) is 0 Å². The molecule has 1 saturated carbocycles. The Morgan fingerprint density at radius 2 is 2.14 bits per heavy atom. The van der Waals surface area contributed by atoms with E-state index in [1.807, 2.05) is 5.38 Å². The maximum atomic E-state index is 11.7. The molecule has 0 spiro atoms. The van der Waals surface area contributed by atoms with E-state index in [0.29, 0.717) is 24.8 Å². The molecule has 2 rings (SSSR count). The molecule has 2 amide bonds. The Morgan fingerprint density at radius 3 is 2.76 bits per heavy atom. The number of aliphatic carboxylic acids is 1. The van der Waals surface area contributed by atoms with Crippen LogP contribution in [0.15, 0.2) is 16.8 Å².